The van der Waals surface area contributed by atoms with Crippen molar-refractivity contribution in [2.45, 2.75) is 6.42 Å². The first-order chi connectivity index (χ1) is 8.13. The smallest absolute Gasteiger partial charge is 0.236 e. The van der Waals surface area contributed by atoms with Gasteiger partial charge >= 0.3 is 0 Å². The van der Waals surface area contributed by atoms with Crippen molar-refractivity contribution < 1.29 is 4.79 Å². The molecule has 0 atom stereocenters. The number of hydrogen-bond acceptors (Lipinski definition) is 4. The molecule has 1 rings (SSSR count). The predicted molar refractivity (Wildman–Crippen MR) is 70.1 cm³/mol. The second-order valence-corrected chi connectivity index (χ2v) is 4.88. The van der Waals surface area contributed by atoms with Crippen LogP contribution in [0.15, 0.2) is 0 Å². The highest BCUT2D eigenvalue weighted by Crippen LogP contribution is 2.00. The first kappa shape index (κ1) is 14.4. The molecule has 0 bridgehead atoms. The third-order valence-corrected chi connectivity index (χ3v) is 3.23. The van der Waals surface area contributed by atoms with Crippen LogP contribution in [-0.4, -0.2) is 87.6 Å². The van der Waals surface area contributed by atoms with Gasteiger partial charge in [-0.1, -0.05) is 0 Å². The largest absolute Gasteiger partial charge is 0.339 e. The van der Waals surface area contributed by atoms with Crippen molar-refractivity contribution in [3.05, 3.63) is 0 Å². The molecule has 0 aliphatic carbocycles. The van der Waals surface area contributed by atoms with Gasteiger partial charge in [0.15, 0.2) is 0 Å². The summed E-state index contributed by atoms with van der Waals surface area (Å²) in [5.74, 6) is 0.269. The molecular formula is C12H26N4O. The maximum Gasteiger partial charge on any atom is 0.236 e. The molecule has 1 fully saturated rings. The minimum absolute atomic E-state index is 0.269. The Labute approximate surface area is 105 Å². The summed E-state index contributed by atoms with van der Waals surface area (Å²) in [6.07, 6.45) is 1.09. The van der Waals surface area contributed by atoms with Gasteiger partial charge in [-0.3, -0.25) is 9.69 Å². The average molecular weight is 242 g/mol. The number of hydrogen-bond donors (Lipinski definition) is 1. The third kappa shape index (κ3) is 5.48. The van der Waals surface area contributed by atoms with E-state index in [9.17, 15) is 4.79 Å². The van der Waals surface area contributed by atoms with Gasteiger partial charge in [-0.2, -0.15) is 0 Å². The summed E-state index contributed by atoms with van der Waals surface area (Å²) in [6.45, 7) is 6.27. The van der Waals surface area contributed by atoms with Crippen LogP contribution in [0.5, 0.6) is 0 Å². The molecule has 0 aromatic heterocycles. The fraction of sp³-hybridized carbons (Fsp3) is 0.917. The molecule has 1 heterocycles. The van der Waals surface area contributed by atoms with E-state index in [0.29, 0.717) is 6.54 Å². The number of piperazine rings is 1. The second kappa shape index (κ2) is 7.63. The monoisotopic (exact) mass is 242 g/mol. The van der Waals surface area contributed by atoms with Crippen molar-refractivity contribution in [1.29, 1.82) is 0 Å². The van der Waals surface area contributed by atoms with E-state index < -0.39 is 0 Å². The molecule has 1 aliphatic rings. The molecule has 1 saturated heterocycles. The lowest BCUT2D eigenvalue weighted by Crippen LogP contribution is -2.49. The highest BCUT2D eigenvalue weighted by atomic mass is 16.2. The van der Waals surface area contributed by atoms with E-state index in [1.54, 1.807) is 0 Å². The summed E-state index contributed by atoms with van der Waals surface area (Å²) < 4.78 is 0. The van der Waals surface area contributed by atoms with Crippen LogP contribution in [0.3, 0.4) is 0 Å². The zero-order valence-electron chi connectivity index (χ0n) is 11.4. The van der Waals surface area contributed by atoms with Crippen molar-refractivity contribution >= 4 is 5.91 Å². The number of likely N-dealkylation sites (N-methyl/N-ethyl adjacent to an activating group) is 2. The average Bonchev–Trinajstić information content (AvgIpc) is 2.30. The van der Waals surface area contributed by atoms with E-state index in [1.165, 1.54) is 0 Å². The van der Waals surface area contributed by atoms with E-state index in [0.717, 1.165) is 45.7 Å². The number of nitrogens with zero attached hydrogens (tertiary/aromatic N) is 3. The van der Waals surface area contributed by atoms with E-state index in [4.69, 9.17) is 0 Å². The molecule has 1 aliphatic heterocycles. The van der Waals surface area contributed by atoms with Crippen LogP contribution in [0.1, 0.15) is 6.42 Å². The number of nitrogens with one attached hydrogen (secondary N) is 1. The van der Waals surface area contributed by atoms with Gasteiger partial charge in [-0.15, -0.1) is 0 Å². The Morgan fingerprint density at radius 3 is 2.53 bits per heavy atom. The lowest BCUT2D eigenvalue weighted by Gasteiger charge is -2.33. The van der Waals surface area contributed by atoms with Crippen molar-refractivity contribution in [1.82, 2.24) is 20.0 Å². The Hall–Kier alpha value is -0.650. The molecule has 0 aromatic rings. The van der Waals surface area contributed by atoms with Crippen LogP contribution in [0.2, 0.25) is 0 Å². The topological polar surface area (TPSA) is 38.8 Å². The fourth-order valence-electron chi connectivity index (χ4n) is 1.99. The first-order valence-corrected chi connectivity index (χ1v) is 6.43. The third-order valence-electron chi connectivity index (χ3n) is 3.23. The number of amides is 1. The first-order valence-electron chi connectivity index (χ1n) is 6.43. The number of carbonyl (C=O) groups excluding carboxylic acids is 1. The van der Waals surface area contributed by atoms with Crippen molar-refractivity contribution in [3.8, 4) is 0 Å². The number of rotatable bonds is 6. The maximum absolute atomic E-state index is 12.0. The SMILES string of the molecule is CNCCCN(C)CC(=O)N1CCN(C)CC1. The Bertz CT molecular complexity index is 227. The zero-order chi connectivity index (χ0) is 12.7. The highest BCUT2D eigenvalue weighted by molar-refractivity contribution is 5.78. The Balaban J connectivity index is 2.19. The molecule has 0 unspecified atom stereocenters. The molecule has 5 nitrogen and oxygen atoms in total. The Morgan fingerprint density at radius 2 is 1.94 bits per heavy atom. The Kier molecular flexibility index (Phi) is 6.47. The molecule has 0 radical (unpaired) electrons. The highest BCUT2D eigenvalue weighted by Gasteiger charge is 2.19. The van der Waals surface area contributed by atoms with Gasteiger partial charge in [0.1, 0.15) is 0 Å². The van der Waals surface area contributed by atoms with E-state index >= 15 is 0 Å². The van der Waals surface area contributed by atoms with Crippen LogP contribution >= 0.6 is 0 Å². The Morgan fingerprint density at radius 1 is 1.29 bits per heavy atom. The van der Waals surface area contributed by atoms with Gasteiger partial charge in [0.2, 0.25) is 5.91 Å². The summed E-state index contributed by atoms with van der Waals surface area (Å²) in [7, 11) is 6.07. The molecule has 17 heavy (non-hydrogen) atoms. The van der Waals surface area contributed by atoms with Gasteiger partial charge < -0.3 is 15.1 Å². The van der Waals surface area contributed by atoms with E-state index in [1.807, 2.05) is 19.0 Å². The summed E-state index contributed by atoms with van der Waals surface area (Å²) in [5, 5.41) is 3.12. The molecule has 1 amide bonds. The molecule has 1 N–H and O–H groups in total. The van der Waals surface area contributed by atoms with Crippen LogP contribution < -0.4 is 5.32 Å². The van der Waals surface area contributed by atoms with Gasteiger partial charge in [0.05, 0.1) is 6.54 Å². The molecule has 0 saturated carbocycles. The predicted octanol–water partition coefficient (Wildman–Crippen LogP) is -0.698. The van der Waals surface area contributed by atoms with Crippen molar-refractivity contribution in [3.63, 3.8) is 0 Å². The fourth-order valence-corrected chi connectivity index (χ4v) is 1.99. The van der Waals surface area contributed by atoms with Crippen LogP contribution in [-0.2, 0) is 4.79 Å². The number of carbonyl (C=O) groups is 1. The standard InChI is InChI=1S/C12H26N4O/c1-13-5-4-6-15(3)11-12(17)16-9-7-14(2)8-10-16/h13H,4-11H2,1-3H3. The van der Waals surface area contributed by atoms with Gasteiger partial charge in [0, 0.05) is 26.2 Å². The molecule has 5 heteroatoms. The molecule has 0 spiro atoms. The lowest BCUT2D eigenvalue weighted by molar-refractivity contribution is -0.133. The van der Waals surface area contributed by atoms with E-state index in [2.05, 4.69) is 22.2 Å². The van der Waals surface area contributed by atoms with Crippen LogP contribution in [0.4, 0.5) is 0 Å². The quantitative estimate of drug-likeness (QED) is 0.625. The zero-order valence-corrected chi connectivity index (χ0v) is 11.4. The summed E-state index contributed by atoms with van der Waals surface area (Å²) in [6, 6.07) is 0. The van der Waals surface area contributed by atoms with Crippen LogP contribution in [0, 0.1) is 0 Å². The van der Waals surface area contributed by atoms with Gasteiger partial charge in [-0.05, 0) is 40.7 Å². The van der Waals surface area contributed by atoms with E-state index in [-0.39, 0.29) is 5.91 Å². The van der Waals surface area contributed by atoms with Gasteiger partial charge in [-0.25, -0.2) is 0 Å². The minimum Gasteiger partial charge on any atom is -0.339 e. The summed E-state index contributed by atoms with van der Waals surface area (Å²) in [4.78, 5) is 18.4. The molecular weight excluding hydrogens is 216 g/mol. The molecule has 100 valence electrons. The summed E-state index contributed by atoms with van der Waals surface area (Å²) >= 11 is 0. The van der Waals surface area contributed by atoms with Crippen molar-refractivity contribution in [2.24, 2.45) is 0 Å². The normalized spacial score (nSPS) is 17.8. The maximum atomic E-state index is 12.0. The van der Waals surface area contributed by atoms with Gasteiger partial charge in [0.25, 0.3) is 0 Å². The summed E-state index contributed by atoms with van der Waals surface area (Å²) in [5.41, 5.74) is 0. The van der Waals surface area contributed by atoms with Crippen LogP contribution in [0.25, 0.3) is 0 Å². The molecule has 0 aromatic carbocycles. The van der Waals surface area contributed by atoms with Crippen molar-refractivity contribution in [2.75, 3.05) is 67.0 Å². The lowest BCUT2D eigenvalue weighted by atomic mass is 10.3. The minimum atomic E-state index is 0.269. The second-order valence-electron chi connectivity index (χ2n) is 4.88.